The molecule has 0 aliphatic rings. The number of carboxylic acids is 1. The topological polar surface area (TPSA) is 57.6 Å². The summed E-state index contributed by atoms with van der Waals surface area (Å²) < 4.78 is 0. The van der Waals surface area contributed by atoms with Crippen molar-refractivity contribution in [2.75, 3.05) is 7.05 Å². The Bertz CT molecular complexity index is 660. The van der Waals surface area contributed by atoms with Gasteiger partial charge >= 0.3 is 5.97 Å². The molecule has 0 aliphatic carbocycles. The van der Waals surface area contributed by atoms with Crippen molar-refractivity contribution >= 4 is 23.2 Å². The van der Waals surface area contributed by atoms with Crippen LogP contribution in [0.1, 0.15) is 43.4 Å². The smallest absolute Gasteiger partial charge is 0.345 e. The highest BCUT2D eigenvalue weighted by molar-refractivity contribution is 7.15. The van der Waals surface area contributed by atoms with Crippen LogP contribution in [0.4, 0.5) is 0 Å². The number of hydrogen-bond donors (Lipinski definition) is 1. The molecule has 0 radical (unpaired) electrons. The van der Waals surface area contributed by atoms with Gasteiger partial charge in [0, 0.05) is 7.05 Å². The predicted octanol–water partition coefficient (Wildman–Crippen LogP) is 3.59. The Labute approximate surface area is 127 Å². The van der Waals surface area contributed by atoms with Gasteiger partial charge in [-0.05, 0) is 31.5 Å². The molecule has 5 heteroatoms. The van der Waals surface area contributed by atoms with Crippen LogP contribution in [0.2, 0.25) is 0 Å². The maximum Gasteiger partial charge on any atom is 0.345 e. The Kier molecular flexibility index (Phi) is 4.43. The van der Waals surface area contributed by atoms with Gasteiger partial charge in [0.05, 0.1) is 10.9 Å². The van der Waals surface area contributed by atoms with Crippen molar-refractivity contribution in [1.82, 2.24) is 4.90 Å². The second-order valence-electron chi connectivity index (χ2n) is 4.97. The van der Waals surface area contributed by atoms with Gasteiger partial charge in [0.25, 0.3) is 5.91 Å². The zero-order valence-electron chi connectivity index (χ0n) is 12.2. The zero-order chi connectivity index (χ0) is 15.6. The van der Waals surface area contributed by atoms with Gasteiger partial charge in [-0.15, -0.1) is 11.3 Å². The van der Waals surface area contributed by atoms with E-state index in [0.29, 0.717) is 4.88 Å². The van der Waals surface area contributed by atoms with E-state index < -0.39 is 5.97 Å². The van der Waals surface area contributed by atoms with E-state index in [0.717, 1.165) is 16.9 Å². The number of benzene rings is 1. The Hall–Kier alpha value is -2.14. The minimum atomic E-state index is -1.01. The van der Waals surface area contributed by atoms with Crippen LogP contribution in [0, 0.1) is 6.92 Å². The van der Waals surface area contributed by atoms with Crippen molar-refractivity contribution in [2.45, 2.75) is 19.9 Å². The largest absolute Gasteiger partial charge is 0.477 e. The van der Waals surface area contributed by atoms with Crippen LogP contribution in [0.15, 0.2) is 36.4 Å². The quantitative estimate of drug-likeness (QED) is 0.939. The number of nitrogens with zero attached hydrogens (tertiary/aromatic N) is 1. The molecule has 2 aromatic rings. The van der Waals surface area contributed by atoms with E-state index in [1.54, 1.807) is 18.0 Å². The van der Waals surface area contributed by atoms with Gasteiger partial charge in [-0.25, -0.2) is 4.79 Å². The number of thiophene rings is 1. The van der Waals surface area contributed by atoms with E-state index in [1.807, 2.05) is 38.1 Å². The lowest BCUT2D eigenvalue weighted by atomic mass is 10.1. The average molecular weight is 303 g/mol. The SMILES string of the molecule is Cc1ccc(C(C)N(C)C(=O)c2ccc(C(=O)O)s2)cc1. The molecule has 1 aromatic heterocycles. The van der Waals surface area contributed by atoms with E-state index >= 15 is 0 Å². The number of hydrogen-bond acceptors (Lipinski definition) is 3. The molecule has 0 fully saturated rings. The first kappa shape index (κ1) is 15.3. The lowest BCUT2D eigenvalue weighted by molar-refractivity contribution is 0.0701. The zero-order valence-corrected chi connectivity index (χ0v) is 13.0. The molecule has 1 atom stereocenters. The third-order valence-electron chi connectivity index (χ3n) is 3.49. The number of aromatic carboxylic acids is 1. The maximum absolute atomic E-state index is 12.4. The molecule has 0 saturated carbocycles. The molecule has 1 heterocycles. The Morgan fingerprint density at radius 1 is 1.10 bits per heavy atom. The van der Waals surface area contributed by atoms with Gasteiger partial charge in [-0.3, -0.25) is 4.79 Å². The highest BCUT2D eigenvalue weighted by Crippen LogP contribution is 2.24. The van der Waals surface area contributed by atoms with E-state index in [-0.39, 0.29) is 16.8 Å². The third kappa shape index (κ3) is 3.31. The summed E-state index contributed by atoms with van der Waals surface area (Å²) in [5.41, 5.74) is 2.22. The predicted molar refractivity (Wildman–Crippen MR) is 83.0 cm³/mol. The van der Waals surface area contributed by atoms with E-state index in [2.05, 4.69) is 0 Å². The average Bonchev–Trinajstić information content (AvgIpc) is 2.96. The summed E-state index contributed by atoms with van der Waals surface area (Å²) in [5, 5.41) is 8.92. The molecule has 0 aliphatic heterocycles. The third-order valence-corrected chi connectivity index (χ3v) is 4.55. The summed E-state index contributed by atoms with van der Waals surface area (Å²) in [5.74, 6) is -1.17. The minimum Gasteiger partial charge on any atom is -0.477 e. The van der Waals surface area contributed by atoms with Crippen LogP contribution in [-0.4, -0.2) is 28.9 Å². The monoisotopic (exact) mass is 303 g/mol. The van der Waals surface area contributed by atoms with Gasteiger partial charge in [0.15, 0.2) is 0 Å². The van der Waals surface area contributed by atoms with Crippen LogP contribution in [0.3, 0.4) is 0 Å². The van der Waals surface area contributed by atoms with E-state index in [4.69, 9.17) is 5.11 Å². The summed E-state index contributed by atoms with van der Waals surface area (Å²) in [6.45, 7) is 3.97. The minimum absolute atomic E-state index is 0.0755. The fraction of sp³-hybridized carbons (Fsp3) is 0.250. The number of aryl methyl sites for hydroxylation is 1. The molecular formula is C16H17NO3S. The van der Waals surface area contributed by atoms with Crippen molar-refractivity contribution in [2.24, 2.45) is 0 Å². The van der Waals surface area contributed by atoms with Gasteiger partial charge < -0.3 is 10.0 Å². The van der Waals surface area contributed by atoms with Gasteiger partial charge in [0.1, 0.15) is 4.88 Å². The van der Waals surface area contributed by atoms with Gasteiger partial charge in [-0.2, -0.15) is 0 Å². The fourth-order valence-corrected chi connectivity index (χ4v) is 2.81. The first-order valence-corrected chi connectivity index (χ1v) is 7.38. The van der Waals surface area contributed by atoms with Crippen LogP contribution in [-0.2, 0) is 0 Å². The van der Waals surface area contributed by atoms with Crippen molar-refractivity contribution < 1.29 is 14.7 Å². The molecule has 1 aromatic carbocycles. The molecule has 0 bridgehead atoms. The highest BCUT2D eigenvalue weighted by atomic mass is 32.1. The van der Waals surface area contributed by atoms with Crippen LogP contribution in [0.5, 0.6) is 0 Å². The fourth-order valence-electron chi connectivity index (χ4n) is 1.99. The van der Waals surface area contributed by atoms with E-state index in [9.17, 15) is 9.59 Å². The van der Waals surface area contributed by atoms with Gasteiger partial charge in [0.2, 0.25) is 0 Å². The summed E-state index contributed by atoms with van der Waals surface area (Å²) in [7, 11) is 1.73. The summed E-state index contributed by atoms with van der Waals surface area (Å²) in [4.78, 5) is 25.5. The molecular weight excluding hydrogens is 286 g/mol. The Morgan fingerprint density at radius 3 is 2.19 bits per heavy atom. The molecule has 0 spiro atoms. The number of carbonyl (C=O) groups excluding carboxylic acids is 1. The molecule has 1 amide bonds. The standard InChI is InChI=1S/C16H17NO3S/c1-10-4-6-12(7-5-10)11(2)17(3)15(18)13-8-9-14(21-13)16(19)20/h4-9,11H,1-3H3,(H,19,20). The van der Waals surface area contributed by atoms with Gasteiger partial charge in [-0.1, -0.05) is 29.8 Å². The highest BCUT2D eigenvalue weighted by Gasteiger charge is 2.21. The maximum atomic E-state index is 12.4. The second-order valence-corrected chi connectivity index (χ2v) is 6.06. The van der Waals surface area contributed by atoms with Crippen molar-refractivity contribution in [3.05, 3.63) is 57.3 Å². The lowest BCUT2D eigenvalue weighted by Gasteiger charge is -2.25. The normalized spacial score (nSPS) is 12.0. The lowest BCUT2D eigenvalue weighted by Crippen LogP contribution is -2.29. The van der Waals surface area contributed by atoms with Crippen LogP contribution >= 0.6 is 11.3 Å². The number of amides is 1. The first-order valence-electron chi connectivity index (χ1n) is 6.57. The Balaban J connectivity index is 2.17. The first-order chi connectivity index (χ1) is 9.90. The van der Waals surface area contributed by atoms with Crippen LogP contribution < -0.4 is 0 Å². The van der Waals surface area contributed by atoms with Crippen molar-refractivity contribution in [3.63, 3.8) is 0 Å². The summed E-state index contributed by atoms with van der Waals surface area (Å²) >= 11 is 1.00. The summed E-state index contributed by atoms with van der Waals surface area (Å²) in [6.07, 6.45) is 0. The number of carboxylic acid groups (broad SMARTS) is 1. The summed E-state index contributed by atoms with van der Waals surface area (Å²) in [6, 6.07) is 11.0. The molecule has 21 heavy (non-hydrogen) atoms. The van der Waals surface area contributed by atoms with E-state index in [1.165, 1.54) is 11.6 Å². The molecule has 2 rings (SSSR count). The number of carbonyl (C=O) groups is 2. The second kappa shape index (κ2) is 6.10. The molecule has 1 N–H and O–H groups in total. The Morgan fingerprint density at radius 2 is 1.67 bits per heavy atom. The number of rotatable bonds is 4. The molecule has 110 valence electrons. The van der Waals surface area contributed by atoms with Crippen molar-refractivity contribution in [3.8, 4) is 0 Å². The van der Waals surface area contributed by atoms with Crippen LogP contribution in [0.25, 0.3) is 0 Å². The molecule has 0 saturated heterocycles. The van der Waals surface area contributed by atoms with Crippen molar-refractivity contribution in [1.29, 1.82) is 0 Å². The molecule has 4 nitrogen and oxygen atoms in total. The molecule has 1 unspecified atom stereocenters.